The number of fused-ring (bicyclic) bond motifs is 2. The summed E-state index contributed by atoms with van der Waals surface area (Å²) in [4.78, 5) is 31.6. The number of hydrogen-bond donors (Lipinski definition) is 2. The van der Waals surface area contributed by atoms with Gasteiger partial charge in [0.05, 0.1) is 23.7 Å². The van der Waals surface area contributed by atoms with Gasteiger partial charge in [0.15, 0.2) is 11.6 Å². The van der Waals surface area contributed by atoms with Gasteiger partial charge in [0.1, 0.15) is 22.9 Å². The number of nitrogens with one attached hydrogen (secondary N) is 1. The van der Waals surface area contributed by atoms with Crippen LogP contribution in [-0.2, 0) is 17.8 Å². The molecule has 2 N–H and O–H groups in total. The molecule has 39 heavy (non-hydrogen) atoms. The summed E-state index contributed by atoms with van der Waals surface area (Å²) in [6.07, 6.45) is 1.65. The van der Waals surface area contributed by atoms with Crippen LogP contribution in [0, 0.1) is 18.6 Å². The minimum Gasteiger partial charge on any atom is -0.390 e. The summed E-state index contributed by atoms with van der Waals surface area (Å²) in [5.74, 6) is -0.0817. The van der Waals surface area contributed by atoms with E-state index >= 15 is 0 Å². The van der Waals surface area contributed by atoms with Crippen LogP contribution in [-0.4, -0.2) is 52.6 Å². The number of amides is 1. The van der Waals surface area contributed by atoms with E-state index in [-0.39, 0.29) is 41.1 Å². The number of aromatic nitrogens is 5. The third-order valence-electron chi connectivity index (χ3n) is 6.68. The molecule has 204 valence electrons. The van der Waals surface area contributed by atoms with Gasteiger partial charge in [0.2, 0.25) is 11.9 Å². The minimum absolute atomic E-state index is 0.0404. The summed E-state index contributed by atoms with van der Waals surface area (Å²) < 4.78 is 31.7. The summed E-state index contributed by atoms with van der Waals surface area (Å²) in [5, 5.41) is 13.0. The van der Waals surface area contributed by atoms with Crippen LogP contribution in [0.15, 0.2) is 30.5 Å². The SMILES string of the molecule is Cc1nc2c(F)cc(-c3nc(Nc4ccc5c(n4)CCN(C(=O)CC(C)(C)O)C5)ncc3F)cc2n1C(C)C. The molecule has 0 saturated heterocycles. The molecule has 4 heterocycles. The van der Waals surface area contributed by atoms with Crippen molar-refractivity contribution in [2.75, 3.05) is 11.9 Å². The van der Waals surface area contributed by atoms with Gasteiger partial charge in [-0.2, -0.15) is 0 Å². The van der Waals surface area contributed by atoms with E-state index in [0.29, 0.717) is 36.7 Å². The van der Waals surface area contributed by atoms with E-state index in [4.69, 9.17) is 0 Å². The molecular weight excluding hydrogens is 504 g/mol. The second-order valence-electron chi connectivity index (χ2n) is 10.8. The third-order valence-corrected chi connectivity index (χ3v) is 6.68. The summed E-state index contributed by atoms with van der Waals surface area (Å²) in [6.45, 7) is 9.89. The highest BCUT2D eigenvalue weighted by atomic mass is 19.1. The molecule has 0 unspecified atom stereocenters. The van der Waals surface area contributed by atoms with Gasteiger partial charge < -0.3 is 19.9 Å². The fourth-order valence-electron chi connectivity index (χ4n) is 4.98. The van der Waals surface area contributed by atoms with Crippen molar-refractivity contribution in [2.24, 2.45) is 0 Å². The summed E-state index contributed by atoms with van der Waals surface area (Å²) >= 11 is 0. The Labute approximate surface area is 224 Å². The minimum atomic E-state index is -1.07. The van der Waals surface area contributed by atoms with Gasteiger partial charge in [0, 0.05) is 36.8 Å². The molecule has 9 nitrogen and oxygen atoms in total. The molecule has 4 aromatic rings. The van der Waals surface area contributed by atoms with E-state index in [9.17, 15) is 18.7 Å². The van der Waals surface area contributed by atoms with Gasteiger partial charge in [-0.15, -0.1) is 0 Å². The van der Waals surface area contributed by atoms with Crippen LogP contribution in [0.1, 0.15) is 57.2 Å². The number of pyridine rings is 1. The molecule has 0 atom stereocenters. The normalized spacial score (nSPS) is 13.7. The molecule has 0 fully saturated rings. The Morgan fingerprint density at radius 3 is 2.64 bits per heavy atom. The molecule has 1 aliphatic heterocycles. The lowest BCUT2D eigenvalue weighted by atomic mass is 10.0. The fraction of sp³-hybridized carbons (Fsp3) is 0.393. The molecule has 0 bridgehead atoms. The average Bonchev–Trinajstić information content (AvgIpc) is 3.20. The summed E-state index contributed by atoms with van der Waals surface area (Å²) in [5.41, 5.74) is 1.72. The Kier molecular flexibility index (Phi) is 6.79. The zero-order chi connectivity index (χ0) is 28.1. The largest absolute Gasteiger partial charge is 0.390 e. The van der Waals surface area contributed by atoms with Crippen LogP contribution in [0.4, 0.5) is 20.5 Å². The highest BCUT2D eigenvalue weighted by Crippen LogP contribution is 2.31. The van der Waals surface area contributed by atoms with E-state index in [2.05, 4.69) is 25.3 Å². The van der Waals surface area contributed by atoms with Crippen LogP contribution in [0.3, 0.4) is 0 Å². The van der Waals surface area contributed by atoms with Gasteiger partial charge in [-0.25, -0.2) is 28.7 Å². The number of halogens is 2. The molecule has 0 aliphatic carbocycles. The lowest BCUT2D eigenvalue weighted by Crippen LogP contribution is -2.39. The second-order valence-corrected chi connectivity index (χ2v) is 10.8. The van der Waals surface area contributed by atoms with Crippen molar-refractivity contribution in [2.45, 2.75) is 65.6 Å². The molecule has 3 aromatic heterocycles. The maximum atomic E-state index is 15.0. The van der Waals surface area contributed by atoms with Gasteiger partial charge in [0.25, 0.3) is 0 Å². The smallest absolute Gasteiger partial charge is 0.229 e. The van der Waals surface area contributed by atoms with Crippen molar-refractivity contribution >= 4 is 28.7 Å². The number of carbonyl (C=O) groups is 1. The Morgan fingerprint density at radius 1 is 1.15 bits per heavy atom. The van der Waals surface area contributed by atoms with Crippen LogP contribution in [0.2, 0.25) is 0 Å². The van der Waals surface area contributed by atoms with Crippen molar-refractivity contribution in [1.29, 1.82) is 0 Å². The molecule has 11 heteroatoms. The van der Waals surface area contributed by atoms with Crippen LogP contribution >= 0.6 is 0 Å². The highest BCUT2D eigenvalue weighted by Gasteiger charge is 2.26. The Morgan fingerprint density at radius 2 is 1.92 bits per heavy atom. The standard InChI is InChI=1S/C28H31F2N7O2/c1-15(2)37-16(3)32-26-19(29)10-18(11-22(26)37)25-20(30)13-31-27(35-25)34-23-7-6-17-14-36(9-8-21(17)33-23)24(38)12-28(4,5)39/h6-7,10-11,13,15,39H,8-9,12,14H2,1-5H3,(H,31,33,34,35). The monoisotopic (exact) mass is 535 g/mol. The number of hydrogen-bond acceptors (Lipinski definition) is 7. The molecule has 1 aliphatic rings. The van der Waals surface area contributed by atoms with Gasteiger partial charge in [-0.05, 0) is 58.4 Å². The van der Waals surface area contributed by atoms with Crippen LogP contribution < -0.4 is 5.32 Å². The summed E-state index contributed by atoms with van der Waals surface area (Å²) in [6, 6.07) is 6.58. The number of aliphatic hydroxyl groups is 1. The predicted molar refractivity (Wildman–Crippen MR) is 143 cm³/mol. The zero-order valence-electron chi connectivity index (χ0n) is 22.6. The topological polar surface area (TPSA) is 109 Å². The number of anilines is 2. The average molecular weight is 536 g/mol. The van der Waals surface area contributed by atoms with E-state index in [1.54, 1.807) is 30.9 Å². The van der Waals surface area contributed by atoms with Crippen molar-refractivity contribution in [3.05, 3.63) is 59.2 Å². The van der Waals surface area contributed by atoms with Crippen molar-refractivity contribution in [3.63, 3.8) is 0 Å². The highest BCUT2D eigenvalue weighted by molar-refractivity contribution is 5.83. The Hall–Kier alpha value is -3.99. The Bertz CT molecular complexity index is 1580. The van der Waals surface area contributed by atoms with Gasteiger partial charge >= 0.3 is 0 Å². The maximum absolute atomic E-state index is 15.0. The van der Waals surface area contributed by atoms with Crippen LogP contribution in [0.5, 0.6) is 0 Å². The lowest BCUT2D eigenvalue weighted by molar-refractivity contribution is -0.136. The molecule has 0 saturated carbocycles. The van der Waals surface area contributed by atoms with Crippen molar-refractivity contribution < 1.29 is 18.7 Å². The number of imidazole rings is 1. The molecule has 0 spiro atoms. The number of rotatable bonds is 6. The quantitative estimate of drug-likeness (QED) is 0.363. The zero-order valence-corrected chi connectivity index (χ0v) is 22.6. The number of aryl methyl sites for hydroxylation is 1. The van der Waals surface area contributed by atoms with Crippen molar-refractivity contribution in [1.82, 2.24) is 29.4 Å². The molecule has 1 amide bonds. The van der Waals surface area contributed by atoms with Gasteiger partial charge in [-0.3, -0.25) is 4.79 Å². The van der Waals surface area contributed by atoms with E-state index in [0.717, 1.165) is 17.5 Å². The van der Waals surface area contributed by atoms with Gasteiger partial charge in [-0.1, -0.05) is 6.07 Å². The molecule has 0 radical (unpaired) electrons. The summed E-state index contributed by atoms with van der Waals surface area (Å²) in [7, 11) is 0. The molecule has 5 rings (SSSR count). The van der Waals surface area contributed by atoms with Crippen molar-refractivity contribution in [3.8, 4) is 11.3 Å². The predicted octanol–water partition coefficient (Wildman–Crippen LogP) is 4.85. The number of nitrogens with zero attached hydrogens (tertiary/aromatic N) is 6. The lowest BCUT2D eigenvalue weighted by Gasteiger charge is -2.30. The third kappa shape index (κ3) is 5.44. The Balaban J connectivity index is 1.40. The first kappa shape index (κ1) is 26.6. The second kappa shape index (κ2) is 9.96. The number of carbonyl (C=O) groups excluding carboxylic acids is 1. The van der Waals surface area contributed by atoms with E-state index in [1.807, 2.05) is 31.4 Å². The first-order valence-corrected chi connectivity index (χ1v) is 12.9. The maximum Gasteiger partial charge on any atom is 0.229 e. The van der Waals surface area contributed by atoms with Crippen LogP contribution in [0.25, 0.3) is 22.3 Å². The fourth-order valence-corrected chi connectivity index (χ4v) is 4.98. The number of benzene rings is 1. The molecule has 1 aromatic carbocycles. The first-order valence-electron chi connectivity index (χ1n) is 12.9. The first-order chi connectivity index (χ1) is 18.4. The molecular formula is C28H31F2N7O2. The van der Waals surface area contributed by atoms with E-state index in [1.165, 1.54) is 6.07 Å². The van der Waals surface area contributed by atoms with E-state index < -0.39 is 17.2 Å².